The number of fused-ring (bicyclic) bond motifs is 3. The standard InChI is InChI=1S/C19H27IO2/c1-4-5-9-19(2,3)12-10-15(21)17-13-7-6-8-14(20)18(13)22-16(17)11-12/h10-11,13-14,18,21H,4-9H2,1-3H3. The Morgan fingerprint density at radius 2 is 2.09 bits per heavy atom. The summed E-state index contributed by atoms with van der Waals surface area (Å²) in [6.45, 7) is 6.77. The third kappa shape index (κ3) is 2.85. The van der Waals surface area contributed by atoms with Crippen molar-refractivity contribution in [2.75, 3.05) is 0 Å². The number of alkyl halides is 1. The second kappa shape index (κ2) is 6.21. The zero-order chi connectivity index (χ0) is 15.9. The minimum absolute atomic E-state index is 0.0867. The van der Waals surface area contributed by atoms with E-state index in [9.17, 15) is 5.11 Å². The van der Waals surface area contributed by atoms with E-state index in [1.807, 2.05) is 6.07 Å². The van der Waals surface area contributed by atoms with Crippen molar-refractivity contribution in [3.63, 3.8) is 0 Å². The van der Waals surface area contributed by atoms with E-state index in [0.717, 1.165) is 24.2 Å². The Morgan fingerprint density at radius 1 is 1.32 bits per heavy atom. The zero-order valence-electron chi connectivity index (χ0n) is 13.9. The first-order valence-corrected chi connectivity index (χ1v) is 9.86. The molecule has 0 aromatic heterocycles. The molecule has 122 valence electrons. The van der Waals surface area contributed by atoms with Crippen LogP contribution in [-0.4, -0.2) is 15.1 Å². The van der Waals surface area contributed by atoms with Gasteiger partial charge in [-0.15, -0.1) is 0 Å². The average molecular weight is 414 g/mol. The third-order valence-corrected chi connectivity index (χ3v) is 6.77. The quantitative estimate of drug-likeness (QED) is 0.507. The maximum absolute atomic E-state index is 10.6. The lowest BCUT2D eigenvalue weighted by molar-refractivity contribution is 0.176. The van der Waals surface area contributed by atoms with Crippen LogP contribution in [0.1, 0.15) is 76.3 Å². The SMILES string of the molecule is CCCCC(C)(C)c1cc(O)c2c(c1)OC1C(I)CCCC21. The van der Waals surface area contributed by atoms with Gasteiger partial charge in [0.25, 0.3) is 0 Å². The van der Waals surface area contributed by atoms with E-state index in [1.165, 1.54) is 31.2 Å². The molecule has 0 bridgehead atoms. The van der Waals surface area contributed by atoms with Gasteiger partial charge in [-0.25, -0.2) is 0 Å². The van der Waals surface area contributed by atoms with Gasteiger partial charge in [-0.3, -0.25) is 0 Å². The van der Waals surface area contributed by atoms with Gasteiger partial charge in [0.1, 0.15) is 17.6 Å². The lowest BCUT2D eigenvalue weighted by atomic mass is 9.78. The highest BCUT2D eigenvalue weighted by molar-refractivity contribution is 14.1. The van der Waals surface area contributed by atoms with Crippen molar-refractivity contribution in [1.82, 2.24) is 0 Å². The van der Waals surface area contributed by atoms with Crippen LogP contribution < -0.4 is 4.74 Å². The van der Waals surface area contributed by atoms with E-state index in [-0.39, 0.29) is 11.5 Å². The van der Waals surface area contributed by atoms with Gasteiger partial charge < -0.3 is 9.84 Å². The fraction of sp³-hybridized carbons (Fsp3) is 0.684. The van der Waals surface area contributed by atoms with Gasteiger partial charge >= 0.3 is 0 Å². The Balaban J connectivity index is 1.94. The summed E-state index contributed by atoms with van der Waals surface area (Å²) < 4.78 is 6.83. The molecular weight excluding hydrogens is 387 g/mol. The number of phenolic OH excluding ortho intramolecular Hbond substituents is 1. The molecular formula is C19H27IO2. The van der Waals surface area contributed by atoms with E-state index < -0.39 is 0 Å². The minimum Gasteiger partial charge on any atom is -0.508 e. The van der Waals surface area contributed by atoms with Crippen LogP contribution in [0.2, 0.25) is 0 Å². The van der Waals surface area contributed by atoms with Gasteiger partial charge in [-0.2, -0.15) is 0 Å². The predicted molar refractivity (Wildman–Crippen MR) is 99.5 cm³/mol. The summed E-state index contributed by atoms with van der Waals surface area (Å²) >= 11 is 2.52. The number of ether oxygens (including phenoxy) is 1. The van der Waals surface area contributed by atoms with Gasteiger partial charge in [0.05, 0.1) is 0 Å². The normalized spacial score (nSPS) is 27.2. The molecule has 2 nitrogen and oxygen atoms in total. The highest BCUT2D eigenvalue weighted by atomic mass is 127. The first-order valence-electron chi connectivity index (χ1n) is 8.62. The third-order valence-electron chi connectivity index (χ3n) is 5.44. The van der Waals surface area contributed by atoms with Crippen molar-refractivity contribution < 1.29 is 9.84 Å². The average Bonchev–Trinajstić information content (AvgIpc) is 2.86. The molecule has 0 radical (unpaired) electrons. The fourth-order valence-corrected chi connectivity index (χ4v) is 5.05. The second-order valence-electron chi connectivity index (χ2n) is 7.53. The van der Waals surface area contributed by atoms with Crippen LogP contribution in [0.3, 0.4) is 0 Å². The molecule has 1 N–H and O–H groups in total. The number of hydrogen-bond acceptors (Lipinski definition) is 2. The first kappa shape index (κ1) is 16.4. The van der Waals surface area contributed by atoms with E-state index in [1.54, 1.807) is 0 Å². The summed E-state index contributed by atoms with van der Waals surface area (Å²) in [5.74, 6) is 1.78. The van der Waals surface area contributed by atoms with Gasteiger partial charge in [-0.05, 0) is 42.4 Å². The number of phenols is 1. The molecule has 3 heteroatoms. The van der Waals surface area contributed by atoms with Crippen LogP contribution in [0, 0.1) is 0 Å². The molecule has 0 saturated heterocycles. The molecule has 0 amide bonds. The summed E-state index contributed by atoms with van der Waals surface area (Å²) in [6, 6.07) is 4.20. The van der Waals surface area contributed by atoms with Crippen molar-refractivity contribution in [1.29, 1.82) is 0 Å². The van der Waals surface area contributed by atoms with Crippen molar-refractivity contribution >= 4 is 22.6 Å². The lowest BCUT2D eigenvalue weighted by Gasteiger charge is -2.29. The molecule has 1 heterocycles. The maximum Gasteiger partial charge on any atom is 0.127 e. The highest BCUT2D eigenvalue weighted by Gasteiger charge is 2.43. The van der Waals surface area contributed by atoms with Crippen LogP contribution in [0.4, 0.5) is 0 Å². The highest BCUT2D eigenvalue weighted by Crippen LogP contribution is 2.52. The van der Waals surface area contributed by atoms with Crippen LogP contribution >= 0.6 is 22.6 Å². The Bertz CT molecular complexity index is 553. The number of rotatable bonds is 4. The molecule has 3 atom stereocenters. The monoisotopic (exact) mass is 414 g/mol. The Morgan fingerprint density at radius 3 is 2.82 bits per heavy atom. The van der Waals surface area contributed by atoms with Crippen molar-refractivity contribution in [2.45, 2.75) is 80.7 Å². The molecule has 2 aliphatic rings. The fourth-order valence-electron chi connectivity index (χ4n) is 3.96. The molecule has 1 aromatic carbocycles. The molecule has 1 aromatic rings. The first-order chi connectivity index (χ1) is 10.4. The maximum atomic E-state index is 10.6. The molecule has 1 saturated carbocycles. The Hall–Kier alpha value is -0.450. The van der Waals surface area contributed by atoms with Crippen LogP contribution in [0.5, 0.6) is 11.5 Å². The largest absolute Gasteiger partial charge is 0.508 e. The number of benzene rings is 1. The Kier molecular flexibility index (Phi) is 4.64. The number of unbranched alkanes of at least 4 members (excludes halogenated alkanes) is 1. The summed E-state index contributed by atoms with van der Waals surface area (Å²) in [7, 11) is 0. The number of hydrogen-bond donors (Lipinski definition) is 1. The van der Waals surface area contributed by atoms with Crippen molar-refractivity contribution in [3.05, 3.63) is 23.3 Å². The van der Waals surface area contributed by atoms with Gasteiger partial charge in [0.15, 0.2) is 0 Å². The van der Waals surface area contributed by atoms with Gasteiger partial charge in [0.2, 0.25) is 0 Å². The van der Waals surface area contributed by atoms with Crippen molar-refractivity contribution in [2.24, 2.45) is 0 Å². The molecule has 22 heavy (non-hydrogen) atoms. The van der Waals surface area contributed by atoms with Gasteiger partial charge in [-0.1, -0.05) is 62.6 Å². The van der Waals surface area contributed by atoms with Gasteiger partial charge in [0, 0.05) is 15.4 Å². The molecule has 0 spiro atoms. The zero-order valence-corrected chi connectivity index (χ0v) is 16.0. The molecule has 1 aliphatic carbocycles. The molecule has 1 aliphatic heterocycles. The molecule has 3 rings (SSSR count). The topological polar surface area (TPSA) is 29.5 Å². The summed E-state index contributed by atoms with van der Waals surface area (Å²) in [5, 5.41) is 10.6. The van der Waals surface area contributed by atoms with Crippen LogP contribution in [0.15, 0.2) is 12.1 Å². The minimum atomic E-state index is 0.0867. The predicted octanol–water partition coefficient (Wildman–Crippen LogP) is 5.69. The second-order valence-corrected chi connectivity index (χ2v) is 9.13. The van der Waals surface area contributed by atoms with Crippen LogP contribution in [0.25, 0.3) is 0 Å². The van der Waals surface area contributed by atoms with Crippen molar-refractivity contribution in [3.8, 4) is 11.5 Å². The molecule has 3 unspecified atom stereocenters. The smallest absolute Gasteiger partial charge is 0.127 e. The number of halogens is 1. The van der Waals surface area contributed by atoms with E-state index in [2.05, 4.69) is 49.4 Å². The summed E-state index contributed by atoms with van der Waals surface area (Å²) in [6.07, 6.45) is 7.42. The Labute approximate surface area is 147 Å². The van der Waals surface area contributed by atoms with E-state index >= 15 is 0 Å². The van der Waals surface area contributed by atoms with E-state index in [4.69, 9.17) is 4.74 Å². The van der Waals surface area contributed by atoms with E-state index in [0.29, 0.717) is 15.6 Å². The van der Waals surface area contributed by atoms with Crippen LogP contribution in [-0.2, 0) is 5.41 Å². The molecule has 1 fully saturated rings. The summed E-state index contributed by atoms with van der Waals surface area (Å²) in [5.41, 5.74) is 2.37. The summed E-state index contributed by atoms with van der Waals surface area (Å²) in [4.78, 5) is 0. The number of aromatic hydroxyl groups is 1. The lowest BCUT2D eigenvalue weighted by Crippen LogP contribution is -2.32.